The van der Waals surface area contributed by atoms with Crippen molar-refractivity contribution in [3.63, 3.8) is 0 Å². The molecule has 3 N–H and O–H groups in total. The summed E-state index contributed by atoms with van der Waals surface area (Å²) in [5, 5.41) is 15.1. The molecule has 156 valence electrons. The van der Waals surface area contributed by atoms with Crippen LogP contribution in [0.1, 0.15) is 48.9 Å². The number of hydrogen-bond acceptors (Lipinski definition) is 5. The second kappa shape index (κ2) is 6.52. The summed E-state index contributed by atoms with van der Waals surface area (Å²) in [7, 11) is -3.44. The number of urea groups is 1. The predicted octanol–water partition coefficient (Wildman–Crippen LogP) is 2.34. The molecule has 0 spiro atoms. The number of hydrogen-bond donors (Lipinski definition) is 2. The Morgan fingerprint density at radius 3 is 2.62 bits per heavy atom. The molecular formula is C20H27N5O3S. The maximum absolute atomic E-state index is 13.4. The van der Waals surface area contributed by atoms with Gasteiger partial charge < -0.3 is 10.1 Å². The van der Waals surface area contributed by atoms with E-state index in [2.05, 4.69) is 20.8 Å². The second-order valence-corrected chi connectivity index (χ2v) is 10.9. The lowest BCUT2D eigenvalue weighted by Crippen LogP contribution is -2.52. The van der Waals surface area contributed by atoms with Gasteiger partial charge in [-0.2, -0.15) is 5.10 Å². The van der Waals surface area contributed by atoms with Crippen LogP contribution in [-0.4, -0.2) is 45.1 Å². The third-order valence-electron chi connectivity index (χ3n) is 6.58. The van der Waals surface area contributed by atoms with Crippen molar-refractivity contribution < 1.29 is 13.7 Å². The molecule has 2 amide bonds. The lowest BCUT2D eigenvalue weighted by molar-refractivity contribution is 0.00699. The minimum absolute atomic E-state index is 0.0460. The topological polar surface area (TPSA) is 109 Å². The van der Waals surface area contributed by atoms with Gasteiger partial charge in [-0.15, -0.1) is 4.36 Å². The molecule has 0 radical (unpaired) electrons. The summed E-state index contributed by atoms with van der Waals surface area (Å²) in [4.78, 5) is 12.8. The fourth-order valence-electron chi connectivity index (χ4n) is 5.02. The first-order valence-electron chi connectivity index (χ1n) is 10.3. The molecule has 29 heavy (non-hydrogen) atoms. The van der Waals surface area contributed by atoms with Crippen molar-refractivity contribution >= 4 is 27.8 Å². The minimum atomic E-state index is -3.44. The van der Waals surface area contributed by atoms with E-state index in [-0.39, 0.29) is 6.10 Å². The average molecular weight is 418 g/mol. The number of aryl methyl sites for hydroxylation is 2. The van der Waals surface area contributed by atoms with Crippen molar-refractivity contribution in [2.75, 3.05) is 11.9 Å². The van der Waals surface area contributed by atoms with Crippen LogP contribution in [0, 0.1) is 0 Å². The zero-order valence-electron chi connectivity index (χ0n) is 16.8. The monoisotopic (exact) mass is 417 g/mol. The number of benzene rings is 1. The van der Waals surface area contributed by atoms with E-state index in [0.717, 1.165) is 44.2 Å². The van der Waals surface area contributed by atoms with Crippen LogP contribution in [0.2, 0.25) is 0 Å². The fraction of sp³-hybridized carbons (Fsp3) is 0.600. The van der Waals surface area contributed by atoms with E-state index in [9.17, 15) is 9.00 Å². The predicted molar refractivity (Wildman–Crippen MR) is 112 cm³/mol. The van der Waals surface area contributed by atoms with Crippen molar-refractivity contribution in [2.45, 2.75) is 69.5 Å². The molecule has 8 nitrogen and oxygen atoms in total. The number of carbonyl (C=O) groups excluding carboxylic acids is 1. The Balaban J connectivity index is 1.46. The molecule has 0 aromatic heterocycles. The summed E-state index contributed by atoms with van der Waals surface area (Å²) in [5.41, 5.74) is 5.90. The lowest BCUT2D eigenvalue weighted by atomic mass is 9.99. The van der Waals surface area contributed by atoms with Crippen LogP contribution >= 0.6 is 0 Å². The summed E-state index contributed by atoms with van der Waals surface area (Å²) in [6.45, 7) is 4.21. The highest BCUT2D eigenvalue weighted by atomic mass is 32.2. The van der Waals surface area contributed by atoms with Crippen LogP contribution < -0.4 is 10.5 Å². The normalized spacial score (nSPS) is 31.3. The van der Waals surface area contributed by atoms with Crippen LogP contribution in [0.15, 0.2) is 15.5 Å². The van der Waals surface area contributed by atoms with E-state index in [1.807, 2.05) is 6.92 Å². The maximum Gasteiger partial charge on any atom is 0.354 e. The molecule has 0 saturated carbocycles. The van der Waals surface area contributed by atoms with Gasteiger partial charge in [-0.05, 0) is 74.6 Å². The standard InChI is InChI=1S/C20H27N5O3S/c1-12-10-25-18(28-12)20(2,11-22-25)29(21,27)24-19(26)23-17-15-7-3-5-13(15)9-14-6-4-8-16(14)17/h9,11-12,18H,3-8,10H2,1-2H3,(H3,21,23,24,26,27)/t12-,18?,20?,29?/m1/s1. The Kier molecular flexibility index (Phi) is 4.27. The van der Waals surface area contributed by atoms with Gasteiger partial charge in [0, 0.05) is 11.9 Å². The second-order valence-electron chi connectivity index (χ2n) is 8.67. The smallest absolute Gasteiger partial charge is 0.350 e. The van der Waals surface area contributed by atoms with Crippen LogP contribution in [-0.2, 0) is 40.3 Å². The number of amides is 2. The van der Waals surface area contributed by atoms with Crippen molar-refractivity contribution in [3.05, 3.63) is 28.3 Å². The van der Waals surface area contributed by atoms with Crippen molar-refractivity contribution in [2.24, 2.45) is 14.6 Å². The molecule has 1 fully saturated rings. The summed E-state index contributed by atoms with van der Waals surface area (Å²) in [6.07, 6.45) is 7.05. The fourth-order valence-corrected chi connectivity index (χ4v) is 6.18. The zero-order chi connectivity index (χ0) is 20.4. The van der Waals surface area contributed by atoms with E-state index in [4.69, 9.17) is 9.88 Å². The molecule has 1 saturated heterocycles. The number of nitrogens with zero attached hydrogens (tertiary/aromatic N) is 3. The number of rotatable bonds is 2. The number of hydrazone groups is 1. The molecule has 2 heterocycles. The average Bonchev–Trinajstić information content (AvgIpc) is 3.40. The quantitative estimate of drug-likeness (QED) is 0.770. The number of nitrogens with two attached hydrogens (primary N) is 1. The Hall–Kier alpha value is -1.97. The van der Waals surface area contributed by atoms with Crippen molar-refractivity contribution in [1.82, 2.24) is 5.01 Å². The molecule has 1 aromatic rings. The molecule has 2 aliphatic carbocycles. The Labute approximate surface area is 171 Å². The van der Waals surface area contributed by atoms with Gasteiger partial charge in [-0.25, -0.2) is 14.1 Å². The Morgan fingerprint density at radius 2 is 1.97 bits per heavy atom. The van der Waals surface area contributed by atoms with Crippen LogP contribution in [0.4, 0.5) is 10.5 Å². The van der Waals surface area contributed by atoms with E-state index in [0.29, 0.717) is 6.54 Å². The van der Waals surface area contributed by atoms with E-state index in [1.165, 1.54) is 28.5 Å². The van der Waals surface area contributed by atoms with Crippen molar-refractivity contribution in [1.29, 1.82) is 0 Å². The SMILES string of the molecule is C[C@@H]1CN2N=CC(C)(S(N)(=O)=NC(=O)Nc3c4c(cc5c3CCC5)CCC4)C2O1. The number of carbonyl (C=O) groups is 1. The first-order valence-corrected chi connectivity index (χ1v) is 11.9. The lowest BCUT2D eigenvalue weighted by Gasteiger charge is -2.29. The highest BCUT2D eigenvalue weighted by Gasteiger charge is 2.53. The summed E-state index contributed by atoms with van der Waals surface area (Å²) < 4.78 is 22.0. The van der Waals surface area contributed by atoms with Gasteiger partial charge in [-0.3, -0.25) is 5.01 Å². The molecule has 4 aliphatic rings. The van der Waals surface area contributed by atoms with Crippen LogP contribution in [0.3, 0.4) is 0 Å². The van der Waals surface area contributed by atoms with Gasteiger partial charge in [0.2, 0.25) is 0 Å². The third kappa shape index (κ3) is 2.90. The van der Waals surface area contributed by atoms with Crippen LogP contribution in [0.5, 0.6) is 0 Å². The molecular weight excluding hydrogens is 390 g/mol. The van der Waals surface area contributed by atoms with Crippen molar-refractivity contribution in [3.8, 4) is 0 Å². The summed E-state index contributed by atoms with van der Waals surface area (Å²) in [5.74, 6) is 0. The zero-order valence-corrected chi connectivity index (χ0v) is 17.6. The molecule has 0 bridgehead atoms. The molecule has 4 atom stereocenters. The minimum Gasteiger partial charge on any atom is -0.350 e. The first-order chi connectivity index (χ1) is 13.8. The van der Waals surface area contributed by atoms with Gasteiger partial charge in [0.15, 0.2) is 6.23 Å². The highest BCUT2D eigenvalue weighted by molar-refractivity contribution is 7.93. The highest BCUT2D eigenvalue weighted by Crippen LogP contribution is 2.39. The number of nitrogens with one attached hydrogen (secondary N) is 1. The third-order valence-corrected chi connectivity index (χ3v) is 8.59. The van der Waals surface area contributed by atoms with Gasteiger partial charge in [-0.1, -0.05) is 6.07 Å². The summed E-state index contributed by atoms with van der Waals surface area (Å²) in [6, 6.07) is 1.64. The first kappa shape index (κ1) is 19.0. The molecule has 3 unspecified atom stereocenters. The molecule has 5 rings (SSSR count). The molecule has 1 aromatic carbocycles. The number of fused-ring (bicyclic) bond motifs is 3. The van der Waals surface area contributed by atoms with Gasteiger partial charge >= 0.3 is 6.03 Å². The van der Waals surface area contributed by atoms with E-state index < -0.39 is 26.9 Å². The van der Waals surface area contributed by atoms with E-state index in [1.54, 1.807) is 11.9 Å². The Bertz CT molecular complexity index is 1010. The van der Waals surface area contributed by atoms with E-state index >= 15 is 0 Å². The molecule has 2 aliphatic heterocycles. The van der Waals surface area contributed by atoms with Gasteiger partial charge in [0.05, 0.1) is 12.6 Å². The van der Waals surface area contributed by atoms with Gasteiger partial charge in [0.25, 0.3) is 0 Å². The summed E-state index contributed by atoms with van der Waals surface area (Å²) >= 11 is 0. The Morgan fingerprint density at radius 1 is 1.31 bits per heavy atom. The van der Waals surface area contributed by atoms with Crippen LogP contribution in [0.25, 0.3) is 0 Å². The maximum atomic E-state index is 13.4. The largest absolute Gasteiger partial charge is 0.354 e. The van der Waals surface area contributed by atoms with Gasteiger partial charge in [0.1, 0.15) is 14.7 Å². The molecule has 9 heteroatoms. The number of ether oxygens (including phenoxy) is 1. The number of anilines is 1.